The van der Waals surface area contributed by atoms with Crippen LogP contribution in [0.1, 0.15) is 22.8 Å². The number of hydrogen-bond donors (Lipinski definition) is 1. The molecular formula is C18H18O4. The van der Waals surface area contributed by atoms with Gasteiger partial charge in [0, 0.05) is 12.0 Å². The van der Waals surface area contributed by atoms with Gasteiger partial charge in [-0.2, -0.15) is 0 Å². The first kappa shape index (κ1) is 14.3. The maximum absolute atomic E-state index is 9.70. The molecule has 3 rings (SSSR count). The number of ether oxygens (including phenoxy) is 3. The Hall–Kier alpha value is -2.62. The number of aromatic hydroxyl groups is 1. The Morgan fingerprint density at radius 3 is 2.64 bits per heavy atom. The van der Waals surface area contributed by atoms with Crippen molar-refractivity contribution in [2.24, 2.45) is 0 Å². The highest BCUT2D eigenvalue weighted by molar-refractivity contribution is 5.60. The minimum Gasteiger partial charge on any atom is -0.504 e. The topological polar surface area (TPSA) is 47.9 Å². The number of rotatable bonds is 4. The van der Waals surface area contributed by atoms with Gasteiger partial charge < -0.3 is 19.3 Å². The Bertz CT molecular complexity index is 721. The Balaban J connectivity index is 1.95. The second-order valence-corrected chi connectivity index (χ2v) is 5.16. The molecule has 0 bridgehead atoms. The molecule has 0 amide bonds. The fourth-order valence-corrected chi connectivity index (χ4v) is 2.70. The molecule has 1 N–H and O–H groups in total. The number of benzene rings is 2. The molecule has 1 atom stereocenters. The summed E-state index contributed by atoms with van der Waals surface area (Å²) in [7, 11) is 3.16. The van der Waals surface area contributed by atoms with Crippen molar-refractivity contribution >= 4 is 6.08 Å². The first-order chi connectivity index (χ1) is 10.7. The van der Waals surface area contributed by atoms with Gasteiger partial charge in [0.15, 0.2) is 23.0 Å². The molecule has 22 heavy (non-hydrogen) atoms. The molecule has 2 aromatic carbocycles. The predicted molar refractivity (Wildman–Crippen MR) is 84.8 cm³/mol. The fourth-order valence-electron chi connectivity index (χ4n) is 2.70. The number of hydrogen-bond acceptors (Lipinski definition) is 4. The van der Waals surface area contributed by atoms with Crippen molar-refractivity contribution in [3.05, 3.63) is 53.6 Å². The van der Waals surface area contributed by atoms with Crippen molar-refractivity contribution in [2.45, 2.75) is 12.5 Å². The molecule has 0 saturated heterocycles. The molecule has 1 aliphatic rings. The third-order valence-electron chi connectivity index (χ3n) is 3.85. The summed E-state index contributed by atoms with van der Waals surface area (Å²) in [5.74, 6) is 2.04. The van der Waals surface area contributed by atoms with Crippen LogP contribution in [0.15, 0.2) is 36.9 Å². The smallest absolute Gasteiger partial charge is 0.165 e. The molecule has 2 aromatic rings. The summed E-state index contributed by atoms with van der Waals surface area (Å²) in [5, 5.41) is 9.70. The highest BCUT2D eigenvalue weighted by atomic mass is 16.5. The average molecular weight is 298 g/mol. The summed E-state index contributed by atoms with van der Waals surface area (Å²) < 4.78 is 16.6. The Labute approximate surface area is 129 Å². The number of fused-ring (bicyclic) bond motifs is 1. The van der Waals surface area contributed by atoms with Gasteiger partial charge in [0.2, 0.25) is 0 Å². The van der Waals surface area contributed by atoms with Crippen LogP contribution in [0.5, 0.6) is 23.0 Å². The first-order valence-corrected chi connectivity index (χ1v) is 7.03. The van der Waals surface area contributed by atoms with E-state index in [0.29, 0.717) is 11.5 Å². The van der Waals surface area contributed by atoms with Gasteiger partial charge in [-0.3, -0.25) is 0 Å². The van der Waals surface area contributed by atoms with Crippen LogP contribution in [0.25, 0.3) is 6.08 Å². The first-order valence-electron chi connectivity index (χ1n) is 7.03. The van der Waals surface area contributed by atoms with Gasteiger partial charge in [-0.25, -0.2) is 0 Å². The molecule has 0 spiro atoms. The molecule has 1 aliphatic heterocycles. The van der Waals surface area contributed by atoms with E-state index in [0.717, 1.165) is 28.9 Å². The molecule has 1 heterocycles. The SMILES string of the molecule is C=Cc1cc2c(c(OC)c1)O[C@@H](c1ccc(O)c(OC)c1)C2. The molecule has 0 unspecified atom stereocenters. The van der Waals surface area contributed by atoms with Crippen molar-refractivity contribution in [3.63, 3.8) is 0 Å². The van der Waals surface area contributed by atoms with Crippen molar-refractivity contribution in [1.82, 2.24) is 0 Å². The third kappa shape index (κ3) is 2.37. The van der Waals surface area contributed by atoms with Crippen LogP contribution in [0.2, 0.25) is 0 Å². The molecular weight excluding hydrogens is 280 g/mol. The predicted octanol–water partition coefficient (Wildman–Crippen LogP) is 3.73. The van der Waals surface area contributed by atoms with E-state index in [1.165, 1.54) is 7.11 Å². The molecule has 114 valence electrons. The average Bonchev–Trinajstić information content (AvgIpc) is 2.98. The van der Waals surface area contributed by atoms with Gasteiger partial charge in [0.05, 0.1) is 14.2 Å². The van der Waals surface area contributed by atoms with E-state index < -0.39 is 0 Å². The monoisotopic (exact) mass is 298 g/mol. The van der Waals surface area contributed by atoms with Crippen LogP contribution < -0.4 is 14.2 Å². The maximum Gasteiger partial charge on any atom is 0.165 e. The van der Waals surface area contributed by atoms with E-state index in [4.69, 9.17) is 14.2 Å². The Morgan fingerprint density at radius 1 is 1.18 bits per heavy atom. The minimum absolute atomic E-state index is 0.119. The van der Waals surface area contributed by atoms with Crippen LogP contribution in [-0.2, 0) is 6.42 Å². The van der Waals surface area contributed by atoms with Crippen LogP contribution in [0, 0.1) is 0 Å². The summed E-state index contributed by atoms with van der Waals surface area (Å²) in [5.41, 5.74) is 3.04. The van der Waals surface area contributed by atoms with Gasteiger partial charge >= 0.3 is 0 Å². The van der Waals surface area contributed by atoms with Gasteiger partial charge in [-0.15, -0.1) is 0 Å². The largest absolute Gasteiger partial charge is 0.504 e. The third-order valence-corrected chi connectivity index (χ3v) is 3.85. The van der Waals surface area contributed by atoms with Crippen molar-refractivity contribution in [1.29, 1.82) is 0 Å². The number of methoxy groups -OCH3 is 2. The lowest BCUT2D eigenvalue weighted by molar-refractivity contribution is 0.228. The molecule has 4 heteroatoms. The van der Waals surface area contributed by atoms with Gasteiger partial charge in [0.1, 0.15) is 6.10 Å². The van der Waals surface area contributed by atoms with Gasteiger partial charge in [-0.1, -0.05) is 18.7 Å². The van der Waals surface area contributed by atoms with E-state index in [2.05, 4.69) is 12.6 Å². The number of phenolic OH excluding ortho intramolecular Hbond substituents is 1. The highest BCUT2D eigenvalue weighted by Gasteiger charge is 2.28. The van der Waals surface area contributed by atoms with E-state index in [-0.39, 0.29) is 11.9 Å². The molecule has 0 fully saturated rings. The van der Waals surface area contributed by atoms with Crippen LogP contribution in [-0.4, -0.2) is 19.3 Å². The zero-order valence-electron chi connectivity index (χ0n) is 12.6. The molecule has 0 radical (unpaired) electrons. The zero-order chi connectivity index (χ0) is 15.7. The lowest BCUT2D eigenvalue weighted by Gasteiger charge is -2.14. The minimum atomic E-state index is -0.126. The van der Waals surface area contributed by atoms with E-state index in [1.807, 2.05) is 12.1 Å². The van der Waals surface area contributed by atoms with E-state index in [1.54, 1.807) is 25.3 Å². The fraction of sp³-hybridized carbons (Fsp3) is 0.222. The van der Waals surface area contributed by atoms with Crippen LogP contribution >= 0.6 is 0 Å². The summed E-state index contributed by atoms with van der Waals surface area (Å²) in [6, 6.07) is 9.23. The summed E-state index contributed by atoms with van der Waals surface area (Å²) >= 11 is 0. The standard InChI is InChI=1S/C18H18O4/c1-4-11-7-13-10-15(22-18(13)17(8-11)21-3)12-5-6-14(19)16(9-12)20-2/h4-9,15,19H,1,10H2,2-3H3/t15-/m1/s1. The van der Waals surface area contributed by atoms with Crippen molar-refractivity contribution < 1.29 is 19.3 Å². The van der Waals surface area contributed by atoms with Crippen molar-refractivity contribution in [3.8, 4) is 23.0 Å². The second kappa shape index (κ2) is 5.64. The molecule has 0 saturated carbocycles. The normalized spacial score (nSPS) is 15.8. The van der Waals surface area contributed by atoms with Crippen LogP contribution in [0.4, 0.5) is 0 Å². The Kier molecular flexibility index (Phi) is 3.67. The Morgan fingerprint density at radius 2 is 1.95 bits per heavy atom. The summed E-state index contributed by atoms with van der Waals surface area (Å²) in [4.78, 5) is 0. The maximum atomic E-state index is 9.70. The van der Waals surface area contributed by atoms with Gasteiger partial charge in [-0.05, 0) is 35.4 Å². The van der Waals surface area contributed by atoms with E-state index >= 15 is 0 Å². The van der Waals surface area contributed by atoms with Crippen molar-refractivity contribution in [2.75, 3.05) is 14.2 Å². The van der Waals surface area contributed by atoms with Crippen LogP contribution in [0.3, 0.4) is 0 Å². The van der Waals surface area contributed by atoms with Gasteiger partial charge in [0.25, 0.3) is 0 Å². The lowest BCUT2D eigenvalue weighted by Crippen LogP contribution is -2.03. The molecule has 4 nitrogen and oxygen atoms in total. The number of phenols is 1. The molecule has 0 aliphatic carbocycles. The second-order valence-electron chi connectivity index (χ2n) is 5.16. The summed E-state index contributed by atoms with van der Waals surface area (Å²) in [6.45, 7) is 3.80. The zero-order valence-corrected chi connectivity index (χ0v) is 12.6. The highest BCUT2D eigenvalue weighted by Crippen LogP contribution is 2.44. The quantitative estimate of drug-likeness (QED) is 0.934. The molecule has 0 aromatic heterocycles. The van der Waals surface area contributed by atoms with E-state index in [9.17, 15) is 5.11 Å². The lowest BCUT2D eigenvalue weighted by atomic mass is 10.0. The summed E-state index contributed by atoms with van der Waals surface area (Å²) in [6.07, 6.45) is 2.40.